The van der Waals surface area contributed by atoms with Crippen molar-refractivity contribution in [1.29, 1.82) is 0 Å². The van der Waals surface area contributed by atoms with Crippen LogP contribution >= 0.6 is 0 Å². The van der Waals surface area contributed by atoms with Crippen LogP contribution in [0.15, 0.2) is 33.5 Å². The van der Waals surface area contributed by atoms with Gasteiger partial charge in [-0.15, -0.1) is 0 Å². The molecule has 10 heteroatoms. The summed E-state index contributed by atoms with van der Waals surface area (Å²) < 4.78 is 22.5. The maximum Gasteiger partial charge on any atom is 0.336 e. The van der Waals surface area contributed by atoms with Crippen molar-refractivity contribution in [2.45, 2.75) is 62.4 Å². The molecule has 10 nitrogen and oxygen atoms in total. The number of benzene rings is 1. The minimum Gasteiger partial charge on any atom is -0.484 e. The average molecular weight is 424 g/mol. The molecule has 0 spiro atoms. The van der Waals surface area contributed by atoms with Crippen LogP contribution in [0.2, 0.25) is 0 Å². The third-order valence-corrected chi connectivity index (χ3v) is 5.56. The molecule has 30 heavy (non-hydrogen) atoms. The zero-order valence-electron chi connectivity index (χ0n) is 16.3. The summed E-state index contributed by atoms with van der Waals surface area (Å²) in [5.41, 5.74) is -1.36. The van der Waals surface area contributed by atoms with E-state index in [0.29, 0.717) is 11.1 Å². The lowest BCUT2D eigenvalue weighted by atomic mass is 9.87. The Hall–Kier alpha value is -2.05. The molecule has 164 valence electrons. The summed E-state index contributed by atoms with van der Waals surface area (Å²) in [5.74, 6) is 0.308. The lowest BCUT2D eigenvalue weighted by molar-refractivity contribution is -0.330. The Morgan fingerprint density at radius 2 is 1.73 bits per heavy atom. The molecule has 0 aliphatic carbocycles. The summed E-state index contributed by atoms with van der Waals surface area (Å²) in [5, 5.41) is 51.3. The van der Waals surface area contributed by atoms with Crippen molar-refractivity contribution >= 4 is 11.0 Å². The second kappa shape index (κ2) is 7.57. The molecular formula is C20H24O10. The minimum absolute atomic E-state index is 0.144. The van der Waals surface area contributed by atoms with Gasteiger partial charge in [-0.25, -0.2) is 4.79 Å². The Morgan fingerprint density at radius 3 is 2.43 bits per heavy atom. The highest BCUT2D eigenvalue weighted by Crippen LogP contribution is 2.45. The van der Waals surface area contributed by atoms with Gasteiger partial charge in [-0.1, -0.05) is 0 Å². The van der Waals surface area contributed by atoms with Gasteiger partial charge in [0.1, 0.15) is 53.6 Å². The standard InChI is InChI=1S/C20H24O10/c1-20(2)18(29-19-16(26)15(25)13(23)10(7-21)27-19)14(24)12-9(30-20)5-3-8-4-6-11(22)28-17(8)12/h3-6,10,13-16,18-19,21,23-26H,7H2,1-2H3/t10-,13+,14+,15-,16+,18-,19-/m0/s1. The molecular weight excluding hydrogens is 400 g/mol. The number of aliphatic hydroxyl groups excluding tert-OH is 5. The van der Waals surface area contributed by atoms with Crippen LogP contribution in [0, 0.1) is 0 Å². The molecule has 2 aromatic rings. The zero-order chi connectivity index (χ0) is 21.8. The molecule has 0 bridgehead atoms. The van der Waals surface area contributed by atoms with Gasteiger partial charge >= 0.3 is 5.63 Å². The molecule has 0 unspecified atom stereocenters. The smallest absolute Gasteiger partial charge is 0.336 e. The van der Waals surface area contributed by atoms with Gasteiger partial charge in [-0.2, -0.15) is 0 Å². The SMILES string of the molecule is CC1(C)Oc2ccc3ccc(=O)oc3c2[C@@H](O)[C@@H]1O[C@@H]1O[C@@H](CO)[C@@H](O)[C@H](O)[C@H]1O. The van der Waals surface area contributed by atoms with Crippen molar-refractivity contribution in [3.05, 3.63) is 40.2 Å². The third-order valence-electron chi connectivity index (χ3n) is 5.56. The van der Waals surface area contributed by atoms with Crippen LogP contribution in [0.3, 0.4) is 0 Å². The van der Waals surface area contributed by atoms with E-state index in [1.807, 2.05) is 0 Å². The lowest BCUT2D eigenvalue weighted by Gasteiger charge is -2.46. The van der Waals surface area contributed by atoms with E-state index in [-0.39, 0.29) is 11.1 Å². The monoisotopic (exact) mass is 424 g/mol. The van der Waals surface area contributed by atoms with Crippen LogP contribution in [0.25, 0.3) is 11.0 Å². The van der Waals surface area contributed by atoms with E-state index in [4.69, 9.17) is 18.6 Å². The van der Waals surface area contributed by atoms with Crippen LogP contribution in [-0.2, 0) is 9.47 Å². The molecule has 0 amide bonds. The Balaban J connectivity index is 1.71. The second-order valence-electron chi connectivity index (χ2n) is 8.05. The molecule has 1 saturated heterocycles. The van der Waals surface area contributed by atoms with Gasteiger partial charge in [0, 0.05) is 11.5 Å². The van der Waals surface area contributed by atoms with E-state index in [1.165, 1.54) is 6.07 Å². The van der Waals surface area contributed by atoms with Crippen molar-refractivity contribution in [3.8, 4) is 5.75 Å². The quantitative estimate of drug-likeness (QED) is 0.394. The summed E-state index contributed by atoms with van der Waals surface area (Å²) in [7, 11) is 0. The highest BCUT2D eigenvalue weighted by molar-refractivity contribution is 5.83. The first-order chi connectivity index (χ1) is 14.1. The summed E-state index contributed by atoms with van der Waals surface area (Å²) in [6.07, 6.45) is -9.90. The molecule has 1 aromatic carbocycles. The maximum absolute atomic E-state index is 11.7. The van der Waals surface area contributed by atoms with Crippen LogP contribution in [0.4, 0.5) is 0 Å². The molecule has 0 saturated carbocycles. The van der Waals surface area contributed by atoms with Gasteiger partial charge in [-0.3, -0.25) is 0 Å². The van der Waals surface area contributed by atoms with Crippen LogP contribution < -0.4 is 10.4 Å². The van der Waals surface area contributed by atoms with Gasteiger partial charge in [0.05, 0.1) is 12.2 Å². The van der Waals surface area contributed by atoms with Gasteiger partial charge in [0.15, 0.2) is 6.29 Å². The van der Waals surface area contributed by atoms with Crippen LogP contribution in [0.1, 0.15) is 25.5 Å². The topological polar surface area (TPSA) is 159 Å². The van der Waals surface area contributed by atoms with Crippen molar-refractivity contribution in [2.24, 2.45) is 0 Å². The fraction of sp³-hybridized carbons (Fsp3) is 0.550. The van der Waals surface area contributed by atoms with Gasteiger partial charge in [0.2, 0.25) is 0 Å². The third kappa shape index (κ3) is 3.40. The van der Waals surface area contributed by atoms with Crippen molar-refractivity contribution in [3.63, 3.8) is 0 Å². The summed E-state index contributed by atoms with van der Waals surface area (Å²) in [4.78, 5) is 11.7. The van der Waals surface area contributed by atoms with E-state index in [0.717, 1.165) is 0 Å². The molecule has 5 N–H and O–H groups in total. The molecule has 0 radical (unpaired) electrons. The summed E-state index contributed by atoms with van der Waals surface area (Å²) in [6, 6.07) is 6.16. The number of hydrogen-bond donors (Lipinski definition) is 5. The molecule has 3 heterocycles. The second-order valence-corrected chi connectivity index (χ2v) is 8.05. The highest BCUT2D eigenvalue weighted by Gasteiger charge is 2.51. The van der Waals surface area contributed by atoms with E-state index in [1.54, 1.807) is 32.0 Å². The summed E-state index contributed by atoms with van der Waals surface area (Å²) in [6.45, 7) is 2.69. The molecule has 7 atom stereocenters. The number of ether oxygens (including phenoxy) is 3. The lowest BCUT2D eigenvalue weighted by Crippen LogP contribution is -2.62. The number of aliphatic hydroxyl groups is 5. The highest BCUT2D eigenvalue weighted by atomic mass is 16.7. The Morgan fingerprint density at radius 1 is 1.03 bits per heavy atom. The first-order valence-corrected chi connectivity index (χ1v) is 9.54. The largest absolute Gasteiger partial charge is 0.484 e. The van der Waals surface area contributed by atoms with E-state index in [9.17, 15) is 30.3 Å². The molecule has 1 aromatic heterocycles. The van der Waals surface area contributed by atoms with Crippen molar-refractivity contribution in [2.75, 3.05) is 6.61 Å². The Kier molecular flexibility index (Phi) is 5.35. The minimum atomic E-state index is -1.64. The predicted molar refractivity (Wildman–Crippen MR) is 101 cm³/mol. The molecule has 2 aliphatic heterocycles. The number of rotatable bonds is 3. The average Bonchev–Trinajstić information content (AvgIpc) is 2.69. The van der Waals surface area contributed by atoms with E-state index < -0.39 is 60.7 Å². The zero-order valence-corrected chi connectivity index (χ0v) is 16.3. The van der Waals surface area contributed by atoms with Gasteiger partial charge in [-0.05, 0) is 32.0 Å². The van der Waals surface area contributed by atoms with Gasteiger partial charge < -0.3 is 44.2 Å². The summed E-state index contributed by atoms with van der Waals surface area (Å²) >= 11 is 0. The van der Waals surface area contributed by atoms with Crippen LogP contribution in [0.5, 0.6) is 5.75 Å². The van der Waals surface area contributed by atoms with E-state index >= 15 is 0 Å². The fourth-order valence-corrected chi connectivity index (χ4v) is 3.94. The molecule has 2 aliphatic rings. The number of fused-ring (bicyclic) bond motifs is 3. The van der Waals surface area contributed by atoms with Gasteiger partial charge in [0.25, 0.3) is 0 Å². The van der Waals surface area contributed by atoms with E-state index in [2.05, 4.69) is 0 Å². The molecule has 1 fully saturated rings. The predicted octanol–water partition coefficient (Wildman–Crippen LogP) is -0.818. The van der Waals surface area contributed by atoms with Crippen molar-refractivity contribution in [1.82, 2.24) is 0 Å². The Bertz CT molecular complexity index is 983. The van der Waals surface area contributed by atoms with Crippen molar-refractivity contribution < 1.29 is 44.2 Å². The normalized spacial score (nSPS) is 35.6. The first-order valence-electron chi connectivity index (χ1n) is 9.54. The first kappa shape index (κ1) is 21.2. The molecule has 4 rings (SSSR count). The van der Waals surface area contributed by atoms with Crippen LogP contribution in [-0.4, -0.2) is 74.6 Å². The maximum atomic E-state index is 11.7. The Labute approximate surface area is 170 Å². The number of hydrogen-bond acceptors (Lipinski definition) is 10. The fourth-order valence-electron chi connectivity index (χ4n) is 3.94.